The number of hydrogen-bond donors (Lipinski definition) is 3. The molecule has 1 aromatic heterocycles. The second-order valence-electron chi connectivity index (χ2n) is 6.73. The SMILES string of the molecule is NCC(=O)N[C@@H]1CCN(C2CCC(O)(c3ccccn3)CC2)C1. The van der Waals surface area contributed by atoms with Gasteiger partial charge >= 0.3 is 0 Å². The average Bonchev–Trinajstić information content (AvgIpc) is 3.04. The quantitative estimate of drug-likeness (QED) is 0.746. The molecule has 0 unspecified atom stereocenters. The number of carbonyl (C=O) groups is 1. The number of pyridine rings is 1. The predicted octanol–water partition coefficient (Wildman–Crippen LogP) is 0.361. The Kier molecular flexibility index (Phi) is 4.94. The minimum absolute atomic E-state index is 0.0526. The van der Waals surface area contributed by atoms with Crippen molar-refractivity contribution in [3.05, 3.63) is 30.1 Å². The van der Waals surface area contributed by atoms with Crippen LogP contribution in [0.4, 0.5) is 0 Å². The van der Waals surface area contributed by atoms with E-state index in [-0.39, 0.29) is 18.5 Å². The summed E-state index contributed by atoms with van der Waals surface area (Å²) in [5.74, 6) is -0.0787. The molecule has 1 atom stereocenters. The van der Waals surface area contributed by atoms with Crippen molar-refractivity contribution < 1.29 is 9.90 Å². The lowest BCUT2D eigenvalue weighted by atomic mass is 9.79. The maximum absolute atomic E-state index is 11.4. The second-order valence-corrected chi connectivity index (χ2v) is 6.73. The Morgan fingerprint density at radius 2 is 2.17 bits per heavy atom. The number of rotatable bonds is 4. The molecule has 1 saturated carbocycles. The molecule has 6 heteroatoms. The molecule has 126 valence electrons. The molecule has 2 heterocycles. The van der Waals surface area contributed by atoms with Crippen molar-refractivity contribution in [2.45, 2.75) is 49.8 Å². The van der Waals surface area contributed by atoms with Crippen LogP contribution in [-0.4, -0.2) is 52.6 Å². The van der Waals surface area contributed by atoms with Gasteiger partial charge in [0.15, 0.2) is 0 Å². The molecule has 23 heavy (non-hydrogen) atoms. The summed E-state index contributed by atoms with van der Waals surface area (Å²) >= 11 is 0. The standard InChI is InChI=1S/C17H26N4O2/c18-11-16(22)20-13-6-10-21(12-13)14-4-7-17(23,8-5-14)15-3-1-2-9-19-15/h1-3,9,13-14,23H,4-8,10-12,18H2,(H,20,22)/t13-,14?,17?/m1/s1. The number of carbonyl (C=O) groups excluding carboxylic acids is 1. The summed E-state index contributed by atoms with van der Waals surface area (Å²) in [6.07, 6.45) is 6.13. The third-order valence-electron chi connectivity index (χ3n) is 5.21. The van der Waals surface area contributed by atoms with Crippen LogP contribution < -0.4 is 11.1 Å². The molecular formula is C17H26N4O2. The molecule has 1 saturated heterocycles. The number of likely N-dealkylation sites (tertiary alicyclic amines) is 1. The van der Waals surface area contributed by atoms with Crippen LogP contribution in [-0.2, 0) is 10.4 Å². The van der Waals surface area contributed by atoms with Crippen molar-refractivity contribution in [2.24, 2.45) is 5.73 Å². The van der Waals surface area contributed by atoms with Gasteiger partial charge in [0.2, 0.25) is 5.91 Å². The molecule has 0 bridgehead atoms. The van der Waals surface area contributed by atoms with Crippen LogP contribution >= 0.6 is 0 Å². The zero-order valence-corrected chi connectivity index (χ0v) is 13.4. The molecule has 1 aromatic rings. The molecule has 2 aliphatic rings. The van der Waals surface area contributed by atoms with E-state index in [1.54, 1.807) is 6.20 Å². The maximum atomic E-state index is 11.4. The van der Waals surface area contributed by atoms with Gasteiger partial charge in [-0.25, -0.2) is 0 Å². The molecular weight excluding hydrogens is 292 g/mol. The third kappa shape index (κ3) is 3.71. The Labute approximate surface area is 137 Å². The highest BCUT2D eigenvalue weighted by molar-refractivity contribution is 5.78. The van der Waals surface area contributed by atoms with E-state index in [9.17, 15) is 9.90 Å². The summed E-state index contributed by atoms with van der Waals surface area (Å²) in [6, 6.07) is 6.41. The highest BCUT2D eigenvalue weighted by Crippen LogP contribution is 2.38. The molecule has 0 spiro atoms. The first-order valence-corrected chi connectivity index (χ1v) is 8.48. The van der Waals surface area contributed by atoms with E-state index >= 15 is 0 Å². The Morgan fingerprint density at radius 3 is 2.83 bits per heavy atom. The number of nitrogens with two attached hydrogens (primary N) is 1. The Balaban J connectivity index is 1.53. The summed E-state index contributed by atoms with van der Waals surface area (Å²) in [4.78, 5) is 18.2. The van der Waals surface area contributed by atoms with Crippen molar-refractivity contribution in [3.63, 3.8) is 0 Å². The van der Waals surface area contributed by atoms with Gasteiger partial charge in [0.05, 0.1) is 12.2 Å². The minimum Gasteiger partial charge on any atom is -0.384 e. The van der Waals surface area contributed by atoms with Gasteiger partial charge in [-0.15, -0.1) is 0 Å². The van der Waals surface area contributed by atoms with E-state index in [2.05, 4.69) is 15.2 Å². The monoisotopic (exact) mass is 318 g/mol. The summed E-state index contributed by atoms with van der Waals surface area (Å²) in [7, 11) is 0. The topological polar surface area (TPSA) is 91.5 Å². The molecule has 3 rings (SSSR count). The Hall–Kier alpha value is -1.50. The van der Waals surface area contributed by atoms with Crippen molar-refractivity contribution in [1.82, 2.24) is 15.2 Å². The predicted molar refractivity (Wildman–Crippen MR) is 87.6 cm³/mol. The fourth-order valence-electron chi connectivity index (χ4n) is 3.86. The first-order chi connectivity index (χ1) is 11.1. The number of nitrogens with one attached hydrogen (secondary N) is 1. The molecule has 4 N–H and O–H groups in total. The van der Waals surface area contributed by atoms with Gasteiger partial charge in [0.25, 0.3) is 0 Å². The van der Waals surface area contributed by atoms with Crippen LogP contribution in [0, 0.1) is 0 Å². The van der Waals surface area contributed by atoms with Crippen LogP contribution in [0.15, 0.2) is 24.4 Å². The molecule has 0 radical (unpaired) electrons. The molecule has 1 aliphatic heterocycles. The van der Waals surface area contributed by atoms with Crippen LogP contribution in [0.25, 0.3) is 0 Å². The van der Waals surface area contributed by atoms with Crippen molar-refractivity contribution in [2.75, 3.05) is 19.6 Å². The van der Waals surface area contributed by atoms with E-state index in [1.807, 2.05) is 18.2 Å². The highest BCUT2D eigenvalue weighted by Gasteiger charge is 2.39. The number of aliphatic hydroxyl groups is 1. The maximum Gasteiger partial charge on any atom is 0.233 e. The molecule has 2 fully saturated rings. The number of aromatic nitrogens is 1. The lowest BCUT2D eigenvalue weighted by Crippen LogP contribution is -2.44. The average molecular weight is 318 g/mol. The normalized spacial score (nSPS) is 31.9. The minimum atomic E-state index is -0.787. The molecule has 6 nitrogen and oxygen atoms in total. The number of hydrogen-bond acceptors (Lipinski definition) is 5. The van der Waals surface area contributed by atoms with Gasteiger partial charge in [-0.05, 0) is 44.2 Å². The summed E-state index contributed by atoms with van der Waals surface area (Å²) in [6.45, 7) is 1.94. The van der Waals surface area contributed by atoms with Crippen LogP contribution in [0.2, 0.25) is 0 Å². The van der Waals surface area contributed by atoms with Gasteiger partial charge in [0.1, 0.15) is 5.60 Å². The van der Waals surface area contributed by atoms with E-state index < -0.39 is 5.60 Å². The summed E-state index contributed by atoms with van der Waals surface area (Å²) < 4.78 is 0. The van der Waals surface area contributed by atoms with E-state index in [0.29, 0.717) is 6.04 Å². The zero-order valence-electron chi connectivity index (χ0n) is 13.4. The zero-order chi connectivity index (χ0) is 16.3. The van der Waals surface area contributed by atoms with E-state index in [1.165, 1.54) is 0 Å². The third-order valence-corrected chi connectivity index (χ3v) is 5.21. The Morgan fingerprint density at radius 1 is 1.39 bits per heavy atom. The number of nitrogens with zero attached hydrogens (tertiary/aromatic N) is 2. The van der Waals surface area contributed by atoms with Crippen molar-refractivity contribution >= 4 is 5.91 Å². The highest BCUT2D eigenvalue weighted by atomic mass is 16.3. The largest absolute Gasteiger partial charge is 0.384 e. The van der Waals surface area contributed by atoms with Crippen LogP contribution in [0.3, 0.4) is 0 Å². The first kappa shape index (κ1) is 16.4. The number of amides is 1. The first-order valence-electron chi connectivity index (χ1n) is 8.48. The van der Waals surface area contributed by atoms with Crippen molar-refractivity contribution in [1.29, 1.82) is 0 Å². The molecule has 1 aliphatic carbocycles. The second kappa shape index (κ2) is 6.95. The van der Waals surface area contributed by atoms with Crippen LogP contribution in [0.5, 0.6) is 0 Å². The van der Waals surface area contributed by atoms with Gasteiger partial charge < -0.3 is 16.2 Å². The van der Waals surface area contributed by atoms with Gasteiger partial charge in [0, 0.05) is 31.4 Å². The van der Waals surface area contributed by atoms with Gasteiger partial charge in [-0.2, -0.15) is 0 Å². The summed E-state index contributed by atoms with van der Waals surface area (Å²) in [5, 5.41) is 13.8. The summed E-state index contributed by atoms with van der Waals surface area (Å²) in [5.41, 5.74) is 5.35. The van der Waals surface area contributed by atoms with Gasteiger partial charge in [-0.1, -0.05) is 6.07 Å². The molecule has 0 aromatic carbocycles. The lowest BCUT2D eigenvalue weighted by Gasteiger charge is -2.39. The lowest BCUT2D eigenvalue weighted by molar-refractivity contribution is -0.120. The Bertz CT molecular complexity index is 529. The van der Waals surface area contributed by atoms with Crippen molar-refractivity contribution in [3.8, 4) is 0 Å². The smallest absolute Gasteiger partial charge is 0.233 e. The fraction of sp³-hybridized carbons (Fsp3) is 0.647. The van der Waals surface area contributed by atoms with Crippen LogP contribution in [0.1, 0.15) is 37.8 Å². The van der Waals surface area contributed by atoms with E-state index in [4.69, 9.17) is 5.73 Å². The molecule has 1 amide bonds. The van der Waals surface area contributed by atoms with Gasteiger partial charge in [-0.3, -0.25) is 14.7 Å². The fourth-order valence-corrected chi connectivity index (χ4v) is 3.86. The van der Waals surface area contributed by atoms with E-state index in [0.717, 1.165) is 50.9 Å².